The summed E-state index contributed by atoms with van der Waals surface area (Å²) < 4.78 is 32.0. The van der Waals surface area contributed by atoms with Crippen LogP contribution in [0.3, 0.4) is 0 Å². The third-order valence-corrected chi connectivity index (χ3v) is 2.43. The number of halogens is 2. The smallest absolute Gasteiger partial charge is 0.142 e. The van der Waals surface area contributed by atoms with Gasteiger partial charge in [0.1, 0.15) is 24.0 Å². The van der Waals surface area contributed by atoms with E-state index in [9.17, 15) is 8.78 Å². The highest BCUT2D eigenvalue weighted by Gasteiger charge is 2.03. The van der Waals surface area contributed by atoms with Gasteiger partial charge in [-0.1, -0.05) is 11.8 Å². The summed E-state index contributed by atoms with van der Waals surface area (Å²) in [5.41, 5.74) is 6.05. The maximum absolute atomic E-state index is 13.7. The maximum Gasteiger partial charge on any atom is 0.142 e. The van der Waals surface area contributed by atoms with E-state index in [1.807, 2.05) is 0 Å². The lowest BCUT2D eigenvalue weighted by Crippen LogP contribution is -1.98. The van der Waals surface area contributed by atoms with E-state index in [4.69, 9.17) is 10.5 Å². The first-order chi connectivity index (χ1) is 9.69. The van der Waals surface area contributed by atoms with Crippen LogP contribution in [0.15, 0.2) is 36.7 Å². The van der Waals surface area contributed by atoms with Crippen molar-refractivity contribution < 1.29 is 13.5 Å². The zero-order chi connectivity index (χ0) is 14.4. The number of ether oxygens (including phenoxy) is 1. The van der Waals surface area contributed by atoms with Gasteiger partial charge >= 0.3 is 0 Å². The monoisotopic (exact) mass is 274 g/mol. The van der Waals surface area contributed by atoms with E-state index < -0.39 is 11.6 Å². The number of pyridine rings is 1. The molecule has 20 heavy (non-hydrogen) atoms. The minimum atomic E-state index is -0.485. The van der Waals surface area contributed by atoms with E-state index in [0.29, 0.717) is 11.3 Å². The van der Waals surface area contributed by atoms with E-state index in [2.05, 4.69) is 16.8 Å². The Hall–Kier alpha value is -2.45. The van der Waals surface area contributed by atoms with Crippen molar-refractivity contribution >= 4 is 0 Å². The summed E-state index contributed by atoms with van der Waals surface area (Å²) in [5, 5.41) is 0. The molecule has 0 unspecified atom stereocenters. The normalized spacial score (nSPS) is 9.75. The van der Waals surface area contributed by atoms with E-state index in [0.717, 1.165) is 6.20 Å². The fraction of sp³-hybridized carbons (Fsp3) is 0.133. The largest absolute Gasteiger partial charge is 0.489 e. The lowest BCUT2D eigenvalue weighted by atomic mass is 10.2. The molecule has 0 atom stereocenters. The number of nitrogens with zero attached hydrogens (tertiary/aromatic N) is 1. The Morgan fingerprint density at radius 3 is 2.75 bits per heavy atom. The molecule has 0 saturated heterocycles. The fourth-order valence-electron chi connectivity index (χ4n) is 1.53. The van der Waals surface area contributed by atoms with Crippen LogP contribution in [-0.2, 0) is 6.61 Å². The molecule has 0 spiro atoms. The van der Waals surface area contributed by atoms with Crippen LogP contribution in [0.2, 0.25) is 0 Å². The molecular weight excluding hydrogens is 262 g/mol. The third-order valence-electron chi connectivity index (χ3n) is 2.43. The SMILES string of the molecule is NCC#Cc1ccc(OCc2cncc(F)c2)cc1F. The highest BCUT2D eigenvalue weighted by Crippen LogP contribution is 2.17. The van der Waals surface area contributed by atoms with Gasteiger partial charge in [0.25, 0.3) is 0 Å². The summed E-state index contributed by atoms with van der Waals surface area (Å²) in [6.45, 7) is 0.280. The molecule has 0 aliphatic heterocycles. The molecule has 2 rings (SSSR count). The van der Waals surface area contributed by atoms with Crippen LogP contribution in [0.1, 0.15) is 11.1 Å². The second-order valence-electron chi connectivity index (χ2n) is 3.95. The van der Waals surface area contributed by atoms with E-state index >= 15 is 0 Å². The predicted molar refractivity (Wildman–Crippen MR) is 70.9 cm³/mol. The lowest BCUT2D eigenvalue weighted by Gasteiger charge is -2.06. The third kappa shape index (κ3) is 3.77. The van der Waals surface area contributed by atoms with Crippen molar-refractivity contribution in [2.24, 2.45) is 5.73 Å². The van der Waals surface area contributed by atoms with Crippen molar-refractivity contribution in [3.8, 4) is 17.6 Å². The molecule has 0 fully saturated rings. The molecule has 3 nitrogen and oxygen atoms in total. The Morgan fingerprint density at radius 1 is 1.20 bits per heavy atom. The van der Waals surface area contributed by atoms with Crippen LogP contribution in [-0.4, -0.2) is 11.5 Å². The van der Waals surface area contributed by atoms with Gasteiger partial charge in [0, 0.05) is 17.8 Å². The highest BCUT2D eigenvalue weighted by molar-refractivity contribution is 5.39. The Kier molecular flexibility index (Phi) is 4.64. The van der Waals surface area contributed by atoms with Gasteiger partial charge in [-0.05, 0) is 18.2 Å². The number of nitrogens with two attached hydrogens (primary N) is 1. The van der Waals surface area contributed by atoms with Gasteiger partial charge in [-0.15, -0.1) is 0 Å². The molecule has 2 N–H and O–H groups in total. The van der Waals surface area contributed by atoms with Crippen LogP contribution in [0.25, 0.3) is 0 Å². The summed E-state index contributed by atoms with van der Waals surface area (Å²) in [5.74, 6) is 4.60. The number of benzene rings is 1. The van der Waals surface area contributed by atoms with Crippen LogP contribution in [0.4, 0.5) is 8.78 Å². The van der Waals surface area contributed by atoms with E-state index in [1.165, 1.54) is 24.4 Å². The molecule has 1 aromatic heterocycles. The van der Waals surface area contributed by atoms with Crippen LogP contribution < -0.4 is 10.5 Å². The molecule has 1 heterocycles. The molecule has 1 aromatic carbocycles. The zero-order valence-electron chi connectivity index (χ0n) is 10.6. The van der Waals surface area contributed by atoms with Gasteiger partial charge in [-0.3, -0.25) is 4.98 Å². The molecule has 0 saturated carbocycles. The van der Waals surface area contributed by atoms with Crippen molar-refractivity contribution in [1.29, 1.82) is 0 Å². The molecule has 0 bridgehead atoms. The average Bonchev–Trinajstić information content (AvgIpc) is 2.44. The van der Waals surface area contributed by atoms with Gasteiger partial charge in [0.2, 0.25) is 0 Å². The first kappa shape index (κ1) is 14.0. The standard InChI is InChI=1S/C15H12F2N2O/c16-13-6-11(8-19-9-13)10-20-14-4-3-12(2-1-5-18)15(17)7-14/h3-4,6-9H,5,10,18H2. The summed E-state index contributed by atoms with van der Waals surface area (Å²) >= 11 is 0. The molecule has 0 amide bonds. The summed E-state index contributed by atoms with van der Waals surface area (Å²) in [6, 6.07) is 5.64. The molecule has 0 aliphatic carbocycles. The lowest BCUT2D eigenvalue weighted by molar-refractivity contribution is 0.303. The van der Waals surface area contributed by atoms with Crippen molar-refractivity contribution in [3.05, 3.63) is 59.4 Å². The van der Waals surface area contributed by atoms with Gasteiger partial charge in [-0.2, -0.15) is 0 Å². The summed E-state index contributed by atoms with van der Waals surface area (Å²) in [7, 11) is 0. The van der Waals surface area contributed by atoms with Gasteiger partial charge in [-0.25, -0.2) is 8.78 Å². The van der Waals surface area contributed by atoms with Crippen molar-refractivity contribution in [3.63, 3.8) is 0 Å². The number of aromatic nitrogens is 1. The highest BCUT2D eigenvalue weighted by atomic mass is 19.1. The molecule has 0 aliphatic rings. The molecule has 5 heteroatoms. The van der Waals surface area contributed by atoms with Gasteiger partial charge < -0.3 is 10.5 Å². The molecular formula is C15H12F2N2O. The van der Waals surface area contributed by atoms with Gasteiger partial charge in [0.15, 0.2) is 0 Å². The van der Waals surface area contributed by atoms with Crippen molar-refractivity contribution in [2.45, 2.75) is 6.61 Å². The van der Waals surface area contributed by atoms with E-state index in [1.54, 1.807) is 6.07 Å². The quantitative estimate of drug-likeness (QED) is 0.873. The maximum atomic E-state index is 13.7. The zero-order valence-corrected chi connectivity index (χ0v) is 10.6. The Morgan fingerprint density at radius 2 is 2.05 bits per heavy atom. The predicted octanol–water partition coefficient (Wildman–Crippen LogP) is 2.25. The second-order valence-corrected chi connectivity index (χ2v) is 3.95. The molecule has 0 radical (unpaired) electrons. The van der Waals surface area contributed by atoms with Crippen LogP contribution in [0.5, 0.6) is 5.75 Å². The minimum Gasteiger partial charge on any atom is -0.489 e. The molecule has 102 valence electrons. The fourth-order valence-corrected chi connectivity index (χ4v) is 1.53. The van der Waals surface area contributed by atoms with Gasteiger partial charge in [0.05, 0.1) is 18.3 Å². The second kappa shape index (κ2) is 6.64. The van der Waals surface area contributed by atoms with Crippen molar-refractivity contribution in [2.75, 3.05) is 6.54 Å². The Labute approximate surface area is 115 Å². The van der Waals surface area contributed by atoms with Crippen LogP contribution >= 0.6 is 0 Å². The Balaban J connectivity index is 2.05. The van der Waals surface area contributed by atoms with Crippen LogP contribution in [0, 0.1) is 23.5 Å². The van der Waals surface area contributed by atoms with E-state index in [-0.39, 0.29) is 18.7 Å². The first-order valence-electron chi connectivity index (χ1n) is 5.90. The minimum absolute atomic E-state index is 0.109. The van der Waals surface area contributed by atoms with Crippen molar-refractivity contribution in [1.82, 2.24) is 4.98 Å². The average molecular weight is 274 g/mol. The summed E-state index contributed by atoms with van der Waals surface area (Å²) in [6.07, 6.45) is 2.59. The summed E-state index contributed by atoms with van der Waals surface area (Å²) in [4.78, 5) is 3.70. The molecule has 2 aromatic rings. The number of rotatable bonds is 3. The topological polar surface area (TPSA) is 48.1 Å². The Bertz CT molecular complexity index is 662. The first-order valence-corrected chi connectivity index (χ1v) is 5.90. The number of hydrogen-bond donors (Lipinski definition) is 1. The number of hydrogen-bond acceptors (Lipinski definition) is 3.